The number of Topliss-reactive ketones (excluding diaryl/α,β-unsaturated/α-hetero) is 1. The van der Waals surface area contributed by atoms with E-state index in [1.54, 1.807) is 34.1 Å². The van der Waals surface area contributed by atoms with E-state index in [0.717, 1.165) is 47.4 Å². The van der Waals surface area contributed by atoms with Crippen LogP contribution in [0.25, 0.3) is 10.2 Å². The van der Waals surface area contributed by atoms with Crippen LogP contribution >= 0.6 is 46.3 Å². The molecule has 0 aliphatic carbocycles. The number of thiophene rings is 1. The number of aromatic nitrogens is 2. The fraction of sp³-hybridized carbons (Fsp3) is 0.269. The van der Waals surface area contributed by atoms with Crippen molar-refractivity contribution in [2.75, 3.05) is 18.8 Å². The fourth-order valence-corrected chi connectivity index (χ4v) is 7.02. The highest BCUT2D eigenvalue weighted by Crippen LogP contribution is 2.34. The van der Waals surface area contributed by atoms with Gasteiger partial charge in [-0.2, -0.15) is 0 Å². The summed E-state index contributed by atoms with van der Waals surface area (Å²) in [6, 6.07) is 14.7. The van der Waals surface area contributed by atoms with E-state index in [-0.39, 0.29) is 17.1 Å². The Hall–Kier alpha value is -2.16. The molecule has 0 fully saturated rings. The molecule has 0 atom stereocenters. The van der Waals surface area contributed by atoms with E-state index in [0.29, 0.717) is 27.3 Å². The van der Waals surface area contributed by atoms with Gasteiger partial charge in [-0.1, -0.05) is 72.2 Å². The molecule has 5 nitrogen and oxygen atoms in total. The Bertz CT molecular complexity index is 1470. The number of nitrogens with zero attached hydrogens (tertiary/aromatic N) is 3. The van der Waals surface area contributed by atoms with Crippen molar-refractivity contribution in [2.24, 2.45) is 0 Å². The molecule has 180 valence electrons. The molecular weight excluding hydrogens is 521 g/mol. The second-order valence-electron chi connectivity index (χ2n) is 8.41. The average Bonchev–Trinajstić information content (AvgIpc) is 3.22. The lowest BCUT2D eigenvalue weighted by atomic mass is 10.1. The Morgan fingerprint density at radius 2 is 1.97 bits per heavy atom. The van der Waals surface area contributed by atoms with Gasteiger partial charge in [-0.3, -0.25) is 19.1 Å². The summed E-state index contributed by atoms with van der Waals surface area (Å²) in [5, 5.41) is 2.06. The van der Waals surface area contributed by atoms with Crippen LogP contribution in [0.1, 0.15) is 33.3 Å². The zero-order valence-electron chi connectivity index (χ0n) is 19.1. The number of carbonyl (C=O) groups excluding carboxylic acids is 1. The standard InChI is InChI=1S/C26H23Cl2N3O2S2/c1-2-30-11-10-19-22(14-30)35-24-23(19)25(33)31(13-16-6-4-3-5-7-16)26(29-24)34-15-21(32)18-9-8-17(27)12-20(18)28/h3-9,12H,2,10-11,13-15H2,1H3. The Labute approximate surface area is 221 Å². The van der Waals surface area contributed by atoms with Crippen LogP contribution in [0.2, 0.25) is 10.0 Å². The zero-order chi connectivity index (χ0) is 24.5. The van der Waals surface area contributed by atoms with Crippen LogP contribution in [-0.4, -0.2) is 39.1 Å². The van der Waals surface area contributed by atoms with Gasteiger partial charge in [0.2, 0.25) is 0 Å². The van der Waals surface area contributed by atoms with Crippen molar-refractivity contribution in [3.63, 3.8) is 0 Å². The van der Waals surface area contributed by atoms with Crippen molar-refractivity contribution in [1.29, 1.82) is 0 Å². The van der Waals surface area contributed by atoms with E-state index in [4.69, 9.17) is 28.2 Å². The van der Waals surface area contributed by atoms with Gasteiger partial charge in [0.25, 0.3) is 5.56 Å². The summed E-state index contributed by atoms with van der Waals surface area (Å²) in [6.45, 7) is 5.33. The van der Waals surface area contributed by atoms with Gasteiger partial charge in [0.1, 0.15) is 4.83 Å². The molecule has 0 spiro atoms. The molecule has 3 heterocycles. The summed E-state index contributed by atoms with van der Waals surface area (Å²) in [5.41, 5.74) is 2.51. The predicted octanol–water partition coefficient (Wildman–Crippen LogP) is 6.17. The Balaban J connectivity index is 1.54. The first-order chi connectivity index (χ1) is 16.9. The summed E-state index contributed by atoms with van der Waals surface area (Å²) in [7, 11) is 0. The normalized spacial score (nSPS) is 13.8. The molecule has 35 heavy (non-hydrogen) atoms. The molecule has 1 aliphatic heterocycles. The van der Waals surface area contributed by atoms with E-state index in [1.807, 2.05) is 30.3 Å². The summed E-state index contributed by atoms with van der Waals surface area (Å²) < 4.78 is 1.71. The molecular formula is C26H23Cl2N3O2S2. The molecule has 0 saturated carbocycles. The van der Waals surface area contributed by atoms with Crippen molar-refractivity contribution < 1.29 is 4.79 Å². The second kappa shape index (κ2) is 10.4. The molecule has 0 amide bonds. The van der Waals surface area contributed by atoms with E-state index in [1.165, 1.54) is 16.6 Å². The maximum atomic E-state index is 13.8. The van der Waals surface area contributed by atoms with Crippen molar-refractivity contribution in [3.8, 4) is 0 Å². The summed E-state index contributed by atoms with van der Waals surface area (Å²) >= 11 is 15.1. The number of rotatable bonds is 7. The third-order valence-corrected chi connectivity index (χ3v) is 8.83. The van der Waals surface area contributed by atoms with Crippen molar-refractivity contribution in [1.82, 2.24) is 14.5 Å². The number of fused-ring (bicyclic) bond motifs is 3. The van der Waals surface area contributed by atoms with Crippen molar-refractivity contribution in [3.05, 3.63) is 90.5 Å². The quantitative estimate of drug-likeness (QED) is 0.158. The van der Waals surface area contributed by atoms with Gasteiger partial charge >= 0.3 is 0 Å². The van der Waals surface area contributed by atoms with Crippen LogP contribution in [-0.2, 0) is 19.5 Å². The minimum atomic E-state index is -0.138. The van der Waals surface area contributed by atoms with Crippen LogP contribution in [0, 0.1) is 0 Å². The van der Waals surface area contributed by atoms with Gasteiger partial charge in [0, 0.05) is 28.6 Å². The Morgan fingerprint density at radius 1 is 1.17 bits per heavy atom. The number of carbonyl (C=O) groups is 1. The molecule has 5 rings (SSSR count). The molecule has 4 aromatic rings. The van der Waals surface area contributed by atoms with Gasteiger partial charge in [0.15, 0.2) is 10.9 Å². The number of likely N-dealkylation sites (N-methyl/N-ethyl adjacent to an activating group) is 1. The summed E-state index contributed by atoms with van der Waals surface area (Å²) in [6.07, 6.45) is 0.853. The number of hydrogen-bond donors (Lipinski definition) is 0. The van der Waals surface area contributed by atoms with Gasteiger partial charge in [-0.25, -0.2) is 4.98 Å². The lowest BCUT2D eigenvalue weighted by Gasteiger charge is -2.25. The smallest absolute Gasteiger partial charge is 0.263 e. The van der Waals surface area contributed by atoms with Crippen LogP contribution < -0.4 is 5.56 Å². The summed E-state index contributed by atoms with van der Waals surface area (Å²) in [4.78, 5) is 36.0. The number of benzene rings is 2. The van der Waals surface area contributed by atoms with Gasteiger partial charge in [-0.05, 0) is 42.3 Å². The fourth-order valence-electron chi connectivity index (χ4n) is 4.32. The molecule has 0 bridgehead atoms. The van der Waals surface area contributed by atoms with E-state index < -0.39 is 0 Å². The Morgan fingerprint density at radius 3 is 2.71 bits per heavy atom. The van der Waals surface area contributed by atoms with Crippen LogP contribution in [0.4, 0.5) is 0 Å². The van der Waals surface area contributed by atoms with Gasteiger partial charge < -0.3 is 0 Å². The molecule has 0 saturated heterocycles. The number of thioether (sulfide) groups is 1. The monoisotopic (exact) mass is 543 g/mol. The van der Waals surface area contributed by atoms with Crippen LogP contribution in [0.5, 0.6) is 0 Å². The third kappa shape index (κ3) is 5.06. The van der Waals surface area contributed by atoms with Crippen LogP contribution in [0.15, 0.2) is 58.5 Å². The SMILES string of the molecule is CCN1CCc2c(sc3nc(SCC(=O)c4ccc(Cl)cc4Cl)n(Cc4ccccc4)c(=O)c23)C1. The highest BCUT2D eigenvalue weighted by atomic mass is 35.5. The highest BCUT2D eigenvalue weighted by molar-refractivity contribution is 7.99. The number of halogens is 2. The summed E-state index contributed by atoms with van der Waals surface area (Å²) in [5.74, 6) is -0.0238. The van der Waals surface area contributed by atoms with Crippen molar-refractivity contribution >= 4 is 62.3 Å². The first-order valence-electron chi connectivity index (χ1n) is 11.4. The van der Waals surface area contributed by atoms with E-state index in [2.05, 4.69) is 11.8 Å². The molecule has 9 heteroatoms. The lowest BCUT2D eigenvalue weighted by molar-refractivity contribution is 0.102. The van der Waals surface area contributed by atoms with Crippen molar-refractivity contribution in [2.45, 2.75) is 31.6 Å². The lowest BCUT2D eigenvalue weighted by Crippen LogP contribution is -2.30. The first-order valence-corrected chi connectivity index (χ1v) is 13.9. The molecule has 2 aromatic carbocycles. The number of hydrogen-bond acceptors (Lipinski definition) is 6. The predicted molar refractivity (Wildman–Crippen MR) is 146 cm³/mol. The Kier molecular flexibility index (Phi) is 7.32. The van der Waals surface area contributed by atoms with Crippen LogP contribution in [0.3, 0.4) is 0 Å². The topological polar surface area (TPSA) is 55.2 Å². The molecule has 2 aromatic heterocycles. The number of ketones is 1. The molecule has 0 unspecified atom stereocenters. The largest absolute Gasteiger partial charge is 0.298 e. The van der Waals surface area contributed by atoms with Gasteiger partial charge in [-0.15, -0.1) is 11.3 Å². The maximum Gasteiger partial charge on any atom is 0.263 e. The third-order valence-electron chi connectivity index (χ3n) is 6.20. The highest BCUT2D eigenvalue weighted by Gasteiger charge is 2.25. The minimum absolute atomic E-state index is 0.0409. The molecule has 0 N–H and O–H groups in total. The average molecular weight is 545 g/mol. The minimum Gasteiger partial charge on any atom is -0.298 e. The van der Waals surface area contributed by atoms with E-state index >= 15 is 0 Å². The molecule has 1 aliphatic rings. The zero-order valence-corrected chi connectivity index (χ0v) is 22.2. The first kappa shape index (κ1) is 24.5. The second-order valence-corrected chi connectivity index (χ2v) is 11.3. The van der Waals surface area contributed by atoms with E-state index in [9.17, 15) is 9.59 Å². The van der Waals surface area contributed by atoms with Gasteiger partial charge in [0.05, 0.1) is 22.7 Å². The molecule has 0 radical (unpaired) electrons. The maximum absolute atomic E-state index is 13.8.